The van der Waals surface area contributed by atoms with E-state index in [0.717, 1.165) is 5.56 Å². The topological polar surface area (TPSA) is 107 Å². The molecule has 8 heteroatoms. The van der Waals surface area contributed by atoms with Crippen molar-refractivity contribution in [3.05, 3.63) is 45.2 Å². The van der Waals surface area contributed by atoms with E-state index in [1.807, 2.05) is 0 Å². The van der Waals surface area contributed by atoms with Gasteiger partial charge < -0.3 is 16.8 Å². The average molecular weight is 326 g/mol. The maximum atomic E-state index is 11.5. The van der Waals surface area contributed by atoms with Crippen molar-refractivity contribution in [2.24, 2.45) is 5.73 Å². The molecule has 0 fully saturated rings. The number of aromatic nitrogens is 2. The molecular formula is C13H13Cl2N5O. The van der Waals surface area contributed by atoms with Gasteiger partial charge in [0.15, 0.2) is 0 Å². The van der Waals surface area contributed by atoms with Crippen molar-refractivity contribution in [1.82, 2.24) is 9.97 Å². The number of nitrogen functional groups attached to an aromatic ring is 1. The van der Waals surface area contributed by atoms with E-state index in [2.05, 4.69) is 15.3 Å². The van der Waals surface area contributed by atoms with Gasteiger partial charge in [-0.1, -0.05) is 29.3 Å². The predicted octanol–water partition coefficient (Wildman–Crippen LogP) is 2.39. The summed E-state index contributed by atoms with van der Waals surface area (Å²) in [6.07, 6.45) is 0. The molecule has 2 aromatic rings. The van der Waals surface area contributed by atoms with E-state index in [-0.39, 0.29) is 17.2 Å². The second kappa shape index (κ2) is 6.15. The van der Waals surface area contributed by atoms with Crippen molar-refractivity contribution in [2.45, 2.75) is 13.5 Å². The van der Waals surface area contributed by atoms with E-state index in [0.29, 0.717) is 22.4 Å². The Bertz CT molecular complexity index is 705. The van der Waals surface area contributed by atoms with Gasteiger partial charge in [0.05, 0.1) is 0 Å². The molecule has 1 amide bonds. The fourth-order valence-corrected chi connectivity index (χ4v) is 2.28. The van der Waals surface area contributed by atoms with Gasteiger partial charge in [0.1, 0.15) is 23.0 Å². The van der Waals surface area contributed by atoms with Crippen LogP contribution in [-0.2, 0) is 6.54 Å². The summed E-state index contributed by atoms with van der Waals surface area (Å²) >= 11 is 11.9. The van der Waals surface area contributed by atoms with Gasteiger partial charge in [-0.15, -0.1) is 0 Å². The summed E-state index contributed by atoms with van der Waals surface area (Å²) in [5.41, 5.74) is 11.9. The fraction of sp³-hybridized carbons (Fsp3) is 0.154. The Morgan fingerprint density at radius 1 is 1.33 bits per heavy atom. The van der Waals surface area contributed by atoms with Crippen molar-refractivity contribution >= 4 is 40.7 Å². The van der Waals surface area contributed by atoms with Crippen LogP contribution in [0.3, 0.4) is 0 Å². The Balaban J connectivity index is 2.29. The lowest BCUT2D eigenvalue weighted by molar-refractivity contribution is 0.100. The summed E-state index contributed by atoms with van der Waals surface area (Å²) in [4.78, 5) is 19.5. The van der Waals surface area contributed by atoms with Crippen LogP contribution in [0.1, 0.15) is 21.7 Å². The number of halogens is 2. The summed E-state index contributed by atoms with van der Waals surface area (Å²) in [7, 11) is 0. The smallest absolute Gasteiger partial charge is 0.256 e. The van der Waals surface area contributed by atoms with E-state index >= 15 is 0 Å². The number of carbonyl (C=O) groups excluding carboxylic acids is 1. The Morgan fingerprint density at radius 2 is 2.05 bits per heavy atom. The first kappa shape index (κ1) is 15.3. The molecule has 2 rings (SSSR count). The first-order valence-electron chi connectivity index (χ1n) is 6.00. The van der Waals surface area contributed by atoms with Crippen LogP contribution in [0.5, 0.6) is 0 Å². The third-order valence-corrected chi connectivity index (χ3v) is 3.34. The third kappa shape index (κ3) is 3.53. The summed E-state index contributed by atoms with van der Waals surface area (Å²) in [5, 5.41) is 4.05. The number of amides is 1. The molecule has 0 aliphatic carbocycles. The lowest BCUT2D eigenvalue weighted by atomic mass is 10.2. The predicted molar refractivity (Wildman–Crippen MR) is 83.5 cm³/mol. The zero-order valence-corrected chi connectivity index (χ0v) is 12.7. The number of nitrogens with one attached hydrogen (secondary N) is 1. The molecular weight excluding hydrogens is 313 g/mol. The molecule has 0 atom stereocenters. The zero-order chi connectivity index (χ0) is 15.6. The number of rotatable bonds is 4. The molecule has 0 bridgehead atoms. The van der Waals surface area contributed by atoms with Crippen LogP contribution in [-0.4, -0.2) is 15.9 Å². The number of primary amides is 1. The number of aryl methyl sites for hydroxylation is 1. The van der Waals surface area contributed by atoms with Crippen LogP contribution in [0.15, 0.2) is 18.2 Å². The molecule has 0 spiro atoms. The van der Waals surface area contributed by atoms with E-state index in [4.69, 9.17) is 34.7 Å². The number of benzene rings is 1. The Kier molecular flexibility index (Phi) is 4.50. The van der Waals surface area contributed by atoms with Crippen LogP contribution in [0.4, 0.5) is 11.6 Å². The van der Waals surface area contributed by atoms with Gasteiger partial charge in [-0.25, -0.2) is 9.97 Å². The number of anilines is 2. The Hall–Kier alpha value is -2.05. The van der Waals surface area contributed by atoms with Gasteiger partial charge in [-0.05, 0) is 24.6 Å². The summed E-state index contributed by atoms with van der Waals surface area (Å²) < 4.78 is 0. The molecule has 0 saturated heterocycles. The highest BCUT2D eigenvalue weighted by Gasteiger charge is 2.16. The second-order valence-corrected chi connectivity index (χ2v) is 5.18. The van der Waals surface area contributed by atoms with Crippen molar-refractivity contribution in [3.8, 4) is 0 Å². The van der Waals surface area contributed by atoms with Crippen LogP contribution in [0, 0.1) is 6.92 Å². The lowest BCUT2D eigenvalue weighted by Crippen LogP contribution is -2.19. The zero-order valence-electron chi connectivity index (χ0n) is 11.2. The van der Waals surface area contributed by atoms with Crippen molar-refractivity contribution < 1.29 is 4.79 Å². The maximum Gasteiger partial charge on any atom is 0.256 e. The number of nitrogens with zero attached hydrogens (tertiary/aromatic N) is 2. The van der Waals surface area contributed by atoms with Gasteiger partial charge in [-0.2, -0.15) is 0 Å². The van der Waals surface area contributed by atoms with Gasteiger partial charge in [-0.3, -0.25) is 4.79 Å². The molecule has 1 heterocycles. The minimum atomic E-state index is -0.697. The number of nitrogens with two attached hydrogens (primary N) is 2. The molecule has 0 unspecified atom stereocenters. The molecule has 0 aliphatic heterocycles. The monoisotopic (exact) mass is 325 g/mol. The summed E-state index contributed by atoms with van der Waals surface area (Å²) in [6.45, 7) is 2.01. The molecule has 1 aromatic carbocycles. The normalized spacial score (nSPS) is 10.4. The molecule has 0 aliphatic rings. The molecule has 110 valence electrons. The van der Waals surface area contributed by atoms with Crippen molar-refractivity contribution in [2.75, 3.05) is 11.1 Å². The summed E-state index contributed by atoms with van der Waals surface area (Å²) in [5.74, 6) is 0.0534. The maximum absolute atomic E-state index is 11.5. The number of hydrogen-bond donors (Lipinski definition) is 3. The first-order chi connectivity index (χ1) is 9.88. The first-order valence-corrected chi connectivity index (χ1v) is 6.75. The summed E-state index contributed by atoms with van der Waals surface area (Å²) in [6, 6.07) is 5.13. The van der Waals surface area contributed by atoms with Crippen molar-refractivity contribution in [1.29, 1.82) is 0 Å². The Labute approximate surface area is 131 Å². The number of hydrogen-bond acceptors (Lipinski definition) is 5. The average Bonchev–Trinajstić information content (AvgIpc) is 2.36. The molecule has 21 heavy (non-hydrogen) atoms. The third-order valence-electron chi connectivity index (χ3n) is 2.76. The fourth-order valence-electron chi connectivity index (χ4n) is 1.81. The van der Waals surface area contributed by atoms with Crippen molar-refractivity contribution in [3.63, 3.8) is 0 Å². The van der Waals surface area contributed by atoms with E-state index in [1.54, 1.807) is 25.1 Å². The highest BCUT2D eigenvalue weighted by Crippen LogP contribution is 2.23. The van der Waals surface area contributed by atoms with Crippen LogP contribution in [0.2, 0.25) is 10.0 Å². The van der Waals surface area contributed by atoms with Gasteiger partial charge in [0, 0.05) is 16.6 Å². The highest BCUT2D eigenvalue weighted by molar-refractivity contribution is 6.35. The highest BCUT2D eigenvalue weighted by atomic mass is 35.5. The van der Waals surface area contributed by atoms with Crippen LogP contribution in [0.25, 0.3) is 0 Å². The standard InChI is InChI=1S/C13H13Cl2N5O/c1-6-19-11(16)10(12(17)21)13(20-6)18-5-7-2-3-8(14)4-9(7)15/h2-4H,5H2,1H3,(H2,17,21)(H3,16,18,19,20). The van der Waals surface area contributed by atoms with Gasteiger partial charge >= 0.3 is 0 Å². The molecule has 0 radical (unpaired) electrons. The molecule has 6 nitrogen and oxygen atoms in total. The molecule has 0 saturated carbocycles. The van der Waals surface area contributed by atoms with Gasteiger partial charge in [0.2, 0.25) is 0 Å². The van der Waals surface area contributed by atoms with E-state index in [9.17, 15) is 4.79 Å². The SMILES string of the molecule is Cc1nc(N)c(C(N)=O)c(NCc2ccc(Cl)cc2Cl)n1. The largest absolute Gasteiger partial charge is 0.383 e. The van der Waals surface area contributed by atoms with Crippen LogP contribution < -0.4 is 16.8 Å². The minimum Gasteiger partial charge on any atom is -0.383 e. The second-order valence-electron chi connectivity index (χ2n) is 4.33. The Morgan fingerprint density at radius 3 is 2.67 bits per heavy atom. The minimum absolute atomic E-state index is 0.0414. The van der Waals surface area contributed by atoms with E-state index in [1.165, 1.54) is 0 Å². The molecule has 1 aromatic heterocycles. The molecule has 5 N–H and O–H groups in total. The van der Waals surface area contributed by atoms with Crippen LogP contribution >= 0.6 is 23.2 Å². The quantitative estimate of drug-likeness (QED) is 0.800. The van der Waals surface area contributed by atoms with E-state index < -0.39 is 5.91 Å². The van der Waals surface area contributed by atoms with Gasteiger partial charge in [0.25, 0.3) is 5.91 Å². The lowest BCUT2D eigenvalue weighted by Gasteiger charge is -2.12. The number of carbonyl (C=O) groups is 1.